The zero-order chi connectivity index (χ0) is 74.6. The summed E-state index contributed by atoms with van der Waals surface area (Å²) in [6.07, 6.45) is 13.2. The molecule has 1 fully saturated rings. The van der Waals surface area contributed by atoms with Crippen molar-refractivity contribution in [3.8, 4) is 5.75 Å². The van der Waals surface area contributed by atoms with Crippen LogP contribution in [0.15, 0.2) is 144 Å². The van der Waals surface area contributed by atoms with E-state index >= 15 is 0 Å². The quantitative estimate of drug-likeness (QED) is 0.0114. The number of aliphatic carboxylic acids is 3. The number of carboxylic acids is 3. The highest BCUT2D eigenvalue weighted by Gasteiger charge is 2.46. The van der Waals surface area contributed by atoms with E-state index in [4.69, 9.17) is 14.2 Å². The molecule has 3 heterocycles. The Kier molecular flexibility index (Phi) is 28.5. The van der Waals surface area contributed by atoms with Gasteiger partial charge in [0.15, 0.2) is 5.71 Å². The van der Waals surface area contributed by atoms with E-state index in [0.29, 0.717) is 82.9 Å². The molecule has 1 aliphatic carbocycles. The minimum Gasteiger partial charge on any atom is -0.480 e. The first kappa shape index (κ1) is 79.9. The number of allylic oxidation sites excluding steroid dienone is 7. The molecule has 4 aliphatic rings. The molecule has 562 valence electrons. The second-order valence-corrected chi connectivity index (χ2v) is 31.2. The summed E-state index contributed by atoms with van der Waals surface area (Å²) >= 11 is 0. The Balaban J connectivity index is 0.827. The predicted molar refractivity (Wildman–Crippen MR) is 400 cm³/mol. The smallest absolute Gasteiger partial charge is 0.317 e. The fourth-order valence-corrected chi connectivity index (χ4v) is 15.6. The van der Waals surface area contributed by atoms with Gasteiger partial charge in [-0.1, -0.05) is 86.7 Å². The van der Waals surface area contributed by atoms with E-state index in [1.807, 2.05) is 53.4 Å². The van der Waals surface area contributed by atoms with Crippen molar-refractivity contribution >= 4 is 88.6 Å². The Morgan fingerprint density at radius 2 is 1.08 bits per heavy atom. The van der Waals surface area contributed by atoms with Gasteiger partial charge in [-0.15, -0.1) is 0 Å². The lowest BCUT2D eigenvalue weighted by Gasteiger charge is -2.32. The van der Waals surface area contributed by atoms with Crippen LogP contribution in [0, 0.1) is 0 Å². The van der Waals surface area contributed by atoms with E-state index in [1.165, 1.54) is 11.1 Å². The Morgan fingerprint density at radius 3 is 1.63 bits per heavy atom. The fourth-order valence-electron chi connectivity index (χ4n) is 14.5. The number of amides is 2. The van der Waals surface area contributed by atoms with Crippen molar-refractivity contribution in [2.24, 2.45) is 0 Å². The Bertz CT molecular complexity index is 4250. The lowest BCUT2D eigenvalue weighted by atomic mass is 9.78. The number of carbonyl (C=O) groups is 5. The molecule has 0 atom stereocenters. The molecule has 0 unspecified atom stereocenters. The first-order chi connectivity index (χ1) is 49.6. The van der Waals surface area contributed by atoms with E-state index < -0.39 is 49.0 Å². The summed E-state index contributed by atoms with van der Waals surface area (Å²) in [5.74, 6) is -2.88. The van der Waals surface area contributed by atoms with Gasteiger partial charge in [0.1, 0.15) is 18.1 Å². The summed E-state index contributed by atoms with van der Waals surface area (Å²) in [4.78, 5) is 70.2. The third kappa shape index (κ3) is 22.9. The minimum atomic E-state index is -4.14. The van der Waals surface area contributed by atoms with E-state index in [0.717, 1.165) is 67.5 Å². The molecule has 27 heteroatoms. The van der Waals surface area contributed by atoms with Crippen molar-refractivity contribution in [3.63, 3.8) is 0 Å². The summed E-state index contributed by atoms with van der Waals surface area (Å²) < 4.78 is 87.4. The highest BCUT2D eigenvalue weighted by Crippen LogP contribution is 2.51. The highest BCUT2D eigenvalue weighted by molar-refractivity contribution is 7.86. The average Bonchev–Trinajstić information content (AvgIpc) is 1.58. The summed E-state index contributed by atoms with van der Waals surface area (Å²) in [5.41, 5.74) is 8.45. The van der Waals surface area contributed by atoms with Crippen molar-refractivity contribution < 1.29 is 84.0 Å². The molecule has 0 spiro atoms. The molecule has 0 radical (unpaired) electrons. The van der Waals surface area contributed by atoms with Crippen LogP contribution in [0.25, 0.3) is 21.5 Å². The van der Waals surface area contributed by atoms with Gasteiger partial charge < -0.3 is 45.1 Å². The van der Waals surface area contributed by atoms with Gasteiger partial charge in [0.2, 0.25) is 17.5 Å². The number of anilines is 1. The molecule has 5 aromatic carbocycles. The zero-order valence-corrected chi connectivity index (χ0v) is 61.7. The molecule has 0 bridgehead atoms. The second-order valence-electron chi connectivity index (χ2n) is 28.0. The molecular weight excluding hydrogens is 1370 g/mol. The largest absolute Gasteiger partial charge is 0.480 e. The Hall–Kier alpha value is -8.22. The fraction of sp³-hybridized carbons (Fsp3) is 0.481. The Labute approximate surface area is 610 Å². The lowest BCUT2D eigenvalue weighted by Crippen LogP contribution is -2.50. The van der Waals surface area contributed by atoms with Crippen molar-refractivity contribution in [2.45, 2.75) is 96.3 Å². The van der Waals surface area contributed by atoms with Crippen molar-refractivity contribution in [3.05, 3.63) is 161 Å². The number of fused-ring (bicyclic) bond motifs is 6. The maximum Gasteiger partial charge on any atom is 0.317 e. The molecule has 0 saturated carbocycles. The molecule has 9 rings (SSSR count). The monoisotopic (exact) mass is 1470 g/mol. The second kappa shape index (κ2) is 37.2. The molecule has 0 aromatic heterocycles. The maximum absolute atomic E-state index is 13.1. The first-order valence-electron chi connectivity index (χ1n) is 35.8. The number of unbranched alkanes of at least 4 members (excludes halogenated alkanes) is 2. The van der Waals surface area contributed by atoms with Gasteiger partial charge in [-0.05, 0) is 139 Å². The minimum absolute atomic E-state index is 0.0156. The summed E-state index contributed by atoms with van der Waals surface area (Å²) in [6.45, 7) is 12.9. The van der Waals surface area contributed by atoms with Crippen LogP contribution in [0.4, 0.5) is 11.4 Å². The van der Waals surface area contributed by atoms with Crippen LogP contribution < -0.4 is 20.3 Å². The van der Waals surface area contributed by atoms with Gasteiger partial charge in [-0.2, -0.15) is 21.4 Å². The molecule has 2 amide bonds. The van der Waals surface area contributed by atoms with Crippen molar-refractivity contribution in [1.82, 2.24) is 30.2 Å². The van der Waals surface area contributed by atoms with Crippen LogP contribution in [-0.2, 0) is 70.9 Å². The maximum atomic E-state index is 13.1. The van der Waals surface area contributed by atoms with Crippen LogP contribution >= 0.6 is 0 Å². The molecular formula is C77H101N8O17S2+. The number of rotatable bonds is 35. The van der Waals surface area contributed by atoms with Crippen LogP contribution in [-0.4, -0.2) is 244 Å². The number of nitrogens with one attached hydrogen (secondary N) is 2. The predicted octanol–water partition coefficient (Wildman–Crippen LogP) is 8.06. The SMILES string of the molecule is CC1(C)C(/C=C/C2=C(Oc3ccc(CCC(=O)NCCOCCOCCNC(=O)CN4CCN(CC(=O)O)CCN(CC(=O)O)CCN(CC(=O)O)CC4)cc3)C(=C/C=C3/N(CCCCS(=O)(=O)O)c4ccc5ccccc5c4C3(C)C)/CCC2)=[N+](CCCCS(=O)(=O)O)c2ccc3ccccc3c21. The summed E-state index contributed by atoms with van der Waals surface area (Å²) in [6, 6.07) is 32.9. The number of hydrogen-bond acceptors (Lipinski definition) is 17. The average molecular weight is 1470 g/mol. The first-order valence-corrected chi connectivity index (χ1v) is 39.1. The summed E-state index contributed by atoms with van der Waals surface area (Å²) in [7, 11) is -8.28. The number of benzene rings is 5. The molecule has 3 aliphatic heterocycles. The number of aryl methyl sites for hydroxylation is 1. The molecule has 25 nitrogen and oxygen atoms in total. The van der Waals surface area contributed by atoms with Crippen LogP contribution in [0.5, 0.6) is 5.75 Å². The van der Waals surface area contributed by atoms with E-state index in [2.05, 4.69) is 121 Å². The van der Waals surface area contributed by atoms with E-state index in [9.17, 15) is 65.2 Å². The van der Waals surface area contributed by atoms with Crippen molar-refractivity contribution in [2.75, 3.05) is 148 Å². The van der Waals surface area contributed by atoms with Crippen LogP contribution in [0.2, 0.25) is 0 Å². The number of ether oxygens (including phenoxy) is 3. The van der Waals surface area contributed by atoms with Gasteiger partial charge in [0.05, 0.1) is 69.5 Å². The summed E-state index contributed by atoms with van der Waals surface area (Å²) in [5, 5.41) is 38.8. The lowest BCUT2D eigenvalue weighted by molar-refractivity contribution is -0.438. The third-order valence-corrected chi connectivity index (χ3v) is 21.2. The van der Waals surface area contributed by atoms with Gasteiger partial charge >= 0.3 is 17.9 Å². The molecule has 104 heavy (non-hydrogen) atoms. The zero-order valence-electron chi connectivity index (χ0n) is 60.1. The van der Waals surface area contributed by atoms with E-state index in [1.54, 1.807) is 14.7 Å². The van der Waals surface area contributed by atoms with Crippen molar-refractivity contribution in [1.29, 1.82) is 0 Å². The Morgan fingerprint density at radius 1 is 0.558 bits per heavy atom. The molecule has 5 aromatic rings. The van der Waals surface area contributed by atoms with Gasteiger partial charge in [0.25, 0.3) is 20.2 Å². The normalized spacial score (nSPS) is 18.1. The van der Waals surface area contributed by atoms with Crippen LogP contribution in [0.3, 0.4) is 0 Å². The number of carbonyl (C=O) groups excluding carboxylic acids is 2. The number of nitrogens with zero attached hydrogens (tertiary/aromatic N) is 6. The topological polar surface area (TPSA) is 326 Å². The highest BCUT2D eigenvalue weighted by atomic mass is 32.2. The number of carboxylic acid groups (broad SMARTS) is 3. The molecule has 7 N–H and O–H groups in total. The van der Waals surface area contributed by atoms with Gasteiger partial charge in [-0.3, -0.25) is 52.7 Å². The van der Waals surface area contributed by atoms with E-state index in [-0.39, 0.29) is 134 Å². The number of hydrogen-bond donors (Lipinski definition) is 7. The standard InChI is InChI=1S/C77H100N8O17S2/c1-76(2)66(84(36-9-11-50-103(94,95)96)64-29-23-57-14-5-7-18-62(57)73(64)76)31-25-59-16-13-17-60(26-32-67-77(3,4)74-63-19-8-6-15-58(63)24-30-65(74)85(67)37-10-12-51-104(97,98)99)75(59)102-61-27-20-56(21-28-61)22-33-68(86)78-34-46-100-48-49-101-47-35-79-69(87)52-80-38-40-81(53-70(88)89)42-44-83(55-72(92)93)45-43-82(41-39-80)54-71(90)91/h5-8,14-15,18-21,23-32H,9-13,16-17,22,33-55H2,1-4H3,(H6-,78,79,86,87,88,89,90,91,92,93,94,95,96,97,98,99)/p+1. The van der Waals surface area contributed by atoms with Crippen LogP contribution in [0.1, 0.15) is 95.8 Å². The third-order valence-electron chi connectivity index (χ3n) is 19.6. The van der Waals surface area contributed by atoms with Gasteiger partial charge in [-0.25, -0.2) is 0 Å². The molecule has 1 saturated heterocycles. The van der Waals surface area contributed by atoms with Gasteiger partial charge in [0, 0.05) is 119 Å².